The molecule has 0 radical (unpaired) electrons. The first-order chi connectivity index (χ1) is 9.11. The Morgan fingerprint density at radius 3 is 2.68 bits per heavy atom. The number of methoxy groups -OCH3 is 1. The van der Waals surface area contributed by atoms with Crippen LogP contribution in [-0.4, -0.2) is 35.1 Å². The summed E-state index contributed by atoms with van der Waals surface area (Å²) in [6, 6.07) is 2.57. The van der Waals surface area contributed by atoms with Gasteiger partial charge in [-0.3, -0.25) is 4.68 Å². The standard InChI is InChI=1S/C15H27N3O/c1-5-9-16-14(15(19-4)7-6-8-15)11-13-10-12(2)17-18(13)3/h10,14,16H,5-9,11H2,1-4H3. The van der Waals surface area contributed by atoms with E-state index in [9.17, 15) is 0 Å². The van der Waals surface area contributed by atoms with E-state index in [-0.39, 0.29) is 5.60 Å². The Labute approximate surface area is 116 Å². The molecule has 0 bridgehead atoms. The molecule has 1 heterocycles. The van der Waals surface area contributed by atoms with E-state index in [1.165, 1.54) is 25.0 Å². The highest BCUT2D eigenvalue weighted by Gasteiger charge is 2.44. The molecule has 0 amide bonds. The van der Waals surface area contributed by atoms with Crippen molar-refractivity contribution in [1.82, 2.24) is 15.1 Å². The van der Waals surface area contributed by atoms with E-state index in [0.717, 1.165) is 25.1 Å². The summed E-state index contributed by atoms with van der Waals surface area (Å²) in [5.74, 6) is 0. The molecule has 1 aliphatic rings. The van der Waals surface area contributed by atoms with Crippen LogP contribution in [0.1, 0.15) is 44.0 Å². The molecule has 4 nitrogen and oxygen atoms in total. The van der Waals surface area contributed by atoms with Crippen molar-refractivity contribution in [3.8, 4) is 0 Å². The Kier molecular flexibility index (Phi) is 4.63. The lowest BCUT2D eigenvalue weighted by molar-refractivity contribution is -0.0983. The van der Waals surface area contributed by atoms with E-state index in [4.69, 9.17) is 4.74 Å². The maximum atomic E-state index is 5.86. The van der Waals surface area contributed by atoms with Crippen LogP contribution in [0.25, 0.3) is 0 Å². The van der Waals surface area contributed by atoms with Gasteiger partial charge in [0.25, 0.3) is 0 Å². The third-order valence-electron chi connectivity index (χ3n) is 4.39. The van der Waals surface area contributed by atoms with Crippen LogP contribution < -0.4 is 5.32 Å². The summed E-state index contributed by atoms with van der Waals surface area (Å²) in [6.45, 7) is 5.30. The third kappa shape index (κ3) is 3.00. The smallest absolute Gasteiger partial charge is 0.0834 e. The molecule has 2 rings (SSSR count). The molecule has 1 aromatic heterocycles. The summed E-state index contributed by atoms with van der Waals surface area (Å²) in [5, 5.41) is 8.13. The molecular formula is C15H27N3O. The molecule has 0 saturated heterocycles. The van der Waals surface area contributed by atoms with Crippen molar-refractivity contribution < 1.29 is 4.74 Å². The first-order valence-electron chi connectivity index (χ1n) is 7.39. The van der Waals surface area contributed by atoms with Gasteiger partial charge in [0.05, 0.1) is 11.3 Å². The molecule has 19 heavy (non-hydrogen) atoms. The Bertz CT molecular complexity index is 404. The Hall–Kier alpha value is -0.870. The number of ether oxygens (including phenoxy) is 1. The summed E-state index contributed by atoms with van der Waals surface area (Å²) < 4.78 is 7.86. The van der Waals surface area contributed by atoms with Crippen molar-refractivity contribution in [2.45, 2.75) is 57.6 Å². The number of rotatable bonds is 7. The number of nitrogens with zero attached hydrogens (tertiary/aromatic N) is 2. The molecule has 0 aliphatic heterocycles. The van der Waals surface area contributed by atoms with Crippen molar-refractivity contribution >= 4 is 0 Å². The van der Waals surface area contributed by atoms with Crippen molar-refractivity contribution in [3.05, 3.63) is 17.5 Å². The molecule has 1 saturated carbocycles. The average Bonchev–Trinajstić information content (AvgIpc) is 2.63. The number of hydrogen-bond acceptors (Lipinski definition) is 3. The van der Waals surface area contributed by atoms with Crippen LogP contribution in [-0.2, 0) is 18.2 Å². The van der Waals surface area contributed by atoms with E-state index in [0.29, 0.717) is 6.04 Å². The van der Waals surface area contributed by atoms with Gasteiger partial charge in [-0.25, -0.2) is 0 Å². The predicted molar refractivity (Wildman–Crippen MR) is 77.3 cm³/mol. The quantitative estimate of drug-likeness (QED) is 0.821. The fraction of sp³-hybridized carbons (Fsp3) is 0.800. The van der Waals surface area contributed by atoms with E-state index in [1.807, 2.05) is 25.8 Å². The predicted octanol–water partition coefficient (Wildman–Crippen LogP) is 2.21. The third-order valence-corrected chi connectivity index (χ3v) is 4.39. The van der Waals surface area contributed by atoms with Crippen LogP contribution in [0, 0.1) is 6.92 Å². The molecule has 4 heteroatoms. The zero-order valence-corrected chi connectivity index (χ0v) is 12.7. The van der Waals surface area contributed by atoms with Crippen LogP contribution in [0.4, 0.5) is 0 Å². The molecule has 0 aromatic carbocycles. The van der Waals surface area contributed by atoms with Crippen molar-refractivity contribution in [3.63, 3.8) is 0 Å². The van der Waals surface area contributed by atoms with E-state index in [2.05, 4.69) is 23.4 Å². The lowest BCUT2D eigenvalue weighted by Crippen LogP contribution is -2.57. The molecule has 1 aromatic rings. The maximum Gasteiger partial charge on any atom is 0.0834 e. The Balaban J connectivity index is 2.11. The van der Waals surface area contributed by atoms with Crippen LogP contribution >= 0.6 is 0 Å². The highest BCUT2D eigenvalue weighted by atomic mass is 16.5. The molecule has 0 spiro atoms. The van der Waals surface area contributed by atoms with Crippen LogP contribution in [0.2, 0.25) is 0 Å². The lowest BCUT2D eigenvalue weighted by Gasteiger charge is -2.47. The van der Waals surface area contributed by atoms with Crippen LogP contribution in [0.5, 0.6) is 0 Å². The minimum absolute atomic E-state index is 0.0351. The number of aromatic nitrogens is 2. The summed E-state index contributed by atoms with van der Waals surface area (Å²) in [7, 11) is 3.88. The molecule has 1 N–H and O–H groups in total. The van der Waals surface area contributed by atoms with E-state index >= 15 is 0 Å². The van der Waals surface area contributed by atoms with Gasteiger partial charge in [-0.05, 0) is 45.2 Å². The molecule has 108 valence electrons. The molecule has 1 unspecified atom stereocenters. The van der Waals surface area contributed by atoms with Gasteiger partial charge in [0.15, 0.2) is 0 Å². The number of hydrogen-bond donors (Lipinski definition) is 1. The van der Waals surface area contributed by atoms with Crippen molar-refractivity contribution in [2.75, 3.05) is 13.7 Å². The largest absolute Gasteiger partial charge is 0.377 e. The molecule has 1 aliphatic carbocycles. The van der Waals surface area contributed by atoms with Gasteiger partial charge in [-0.15, -0.1) is 0 Å². The van der Waals surface area contributed by atoms with Gasteiger partial charge < -0.3 is 10.1 Å². The summed E-state index contributed by atoms with van der Waals surface area (Å²) in [6.07, 6.45) is 5.76. The van der Waals surface area contributed by atoms with E-state index < -0.39 is 0 Å². The second kappa shape index (κ2) is 6.06. The SMILES string of the molecule is CCCNC(Cc1cc(C)nn1C)C1(OC)CCC1. The number of nitrogens with one attached hydrogen (secondary N) is 1. The zero-order valence-electron chi connectivity index (χ0n) is 12.7. The van der Waals surface area contributed by atoms with Gasteiger partial charge in [0, 0.05) is 32.3 Å². The highest BCUT2D eigenvalue weighted by Crippen LogP contribution is 2.39. The summed E-state index contributed by atoms with van der Waals surface area (Å²) in [4.78, 5) is 0. The molecule has 1 atom stereocenters. The minimum Gasteiger partial charge on any atom is -0.377 e. The highest BCUT2D eigenvalue weighted by molar-refractivity contribution is 5.13. The zero-order chi connectivity index (χ0) is 13.9. The first kappa shape index (κ1) is 14.5. The second-order valence-electron chi connectivity index (χ2n) is 5.73. The van der Waals surface area contributed by atoms with Gasteiger partial charge in [-0.1, -0.05) is 6.92 Å². The summed E-state index contributed by atoms with van der Waals surface area (Å²) >= 11 is 0. The van der Waals surface area contributed by atoms with Gasteiger partial charge in [-0.2, -0.15) is 5.10 Å². The fourth-order valence-electron chi connectivity index (χ4n) is 3.05. The molecule has 1 fully saturated rings. The van der Waals surface area contributed by atoms with Crippen LogP contribution in [0.15, 0.2) is 6.07 Å². The Morgan fingerprint density at radius 2 is 2.26 bits per heavy atom. The number of aryl methyl sites for hydroxylation is 2. The van der Waals surface area contributed by atoms with Crippen molar-refractivity contribution in [2.24, 2.45) is 7.05 Å². The van der Waals surface area contributed by atoms with Crippen molar-refractivity contribution in [1.29, 1.82) is 0 Å². The van der Waals surface area contributed by atoms with Gasteiger partial charge >= 0.3 is 0 Å². The monoisotopic (exact) mass is 265 g/mol. The Morgan fingerprint density at radius 1 is 1.53 bits per heavy atom. The van der Waals surface area contributed by atoms with E-state index in [1.54, 1.807) is 0 Å². The summed E-state index contributed by atoms with van der Waals surface area (Å²) in [5.41, 5.74) is 2.41. The van der Waals surface area contributed by atoms with Crippen LogP contribution in [0.3, 0.4) is 0 Å². The average molecular weight is 265 g/mol. The fourth-order valence-corrected chi connectivity index (χ4v) is 3.05. The minimum atomic E-state index is 0.0351. The van der Waals surface area contributed by atoms with Gasteiger partial charge in [0.2, 0.25) is 0 Å². The lowest BCUT2D eigenvalue weighted by atomic mass is 9.73. The first-order valence-corrected chi connectivity index (χ1v) is 7.39. The second-order valence-corrected chi connectivity index (χ2v) is 5.73. The topological polar surface area (TPSA) is 39.1 Å². The maximum absolute atomic E-state index is 5.86. The molecular weight excluding hydrogens is 238 g/mol. The van der Waals surface area contributed by atoms with Gasteiger partial charge in [0.1, 0.15) is 0 Å². The normalized spacial score (nSPS) is 19.2.